The maximum Gasteiger partial charge on any atom is 0.318 e. The van der Waals surface area contributed by atoms with E-state index in [2.05, 4.69) is 31.3 Å². The minimum Gasteiger partial charge on any atom is -0.411 e. The summed E-state index contributed by atoms with van der Waals surface area (Å²) in [7, 11) is 0. The summed E-state index contributed by atoms with van der Waals surface area (Å²) in [5.41, 5.74) is 3.70. The number of imidazole rings is 1. The van der Waals surface area contributed by atoms with Crippen molar-refractivity contribution in [1.82, 2.24) is 29.8 Å². The Morgan fingerprint density at radius 1 is 1.34 bits per heavy atom. The second-order valence-electron chi connectivity index (χ2n) is 10.6. The molecule has 17 heteroatoms. The standard InChI is InChI=1S/C23H28F4N8O3.CH3NO/c1-12(28)18(33-37)17(13-3-5-23(26,27)6-4-13)14-8-35-19(30-14)31-15(7-29-35)22(10-38-11-22)34-9-16(21(2,24)25)32-20(34)36;2-1-3/h7-8,13,16-17,28,37H,3-6,9-11H2,1-2H3,(H,32,36);1H,(H2,2,3)/b28-12?,33-18+;. The summed E-state index contributed by atoms with van der Waals surface area (Å²) in [5.74, 6) is -6.86. The summed E-state index contributed by atoms with van der Waals surface area (Å²) >= 11 is 0. The lowest BCUT2D eigenvalue weighted by Crippen LogP contribution is -2.61. The number of fused-ring (bicyclic) bond motifs is 1. The number of aromatic nitrogens is 4. The first-order chi connectivity index (χ1) is 19.3. The highest BCUT2D eigenvalue weighted by Gasteiger charge is 2.55. The van der Waals surface area contributed by atoms with Gasteiger partial charge < -0.3 is 31.3 Å². The van der Waals surface area contributed by atoms with Crippen LogP contribution in [-0.4, -0.2) is 91.2 Å². The van der Waals surface area contributed by atoms with E-state index in [-0.39, 0.29) is 75.0 Å². The van der Waals surface area contributed by atoms with Crippen LogP contribution in [0, 0.1) is 11.3 Å². The van der Waals surface area contributed by atoms with Crippen LogP contribution in [0.5, 0.6) is 0 Å². The zero-order chi connectivity index (χ0) is 30.2. The Morgan fingerprint density at radius 2 is 1.98 bits per heavy atom. The molecule has 5 rings (SSSR count). The molecule has 0 bridgehead atoms. The smallest absolute Gasteiger partial charge is 0.318 e. The van der Waals surface area contributed by atoms with Crippen molar-refractivity contribution >= 4 is 29.6 Å². The van der Waals surface area contributed by atoms with Gasteiger partial charge >= 0.3 is 6.03 Å². The predicted octanol–water partition coefficient (Wildman–Crippen LogP) is 2.28. The minimum absolute atomic E-state index is 0.0213. The summed E-state index contributed by atoms with van der Waals surface area (Å²) in [6, 6.07) is -2.03. The molecule has 2 atom stereocenters. The highest BCUT2D eigenvalue weighted by molar-refractivity contribution is 6.42. The molecular formula is C24H31F4N9O4. The van der Waals surface area contributed by atoms with Crippen LogP contribution < -0.4 is 11.1 Å². The van der Waals surface area contributed by atoms with Crippen molar-refractivity contribution in [2.45, 2.75) is 68.9 Å². The van der Waals surface area contributed by atoms with Gasteiger partial charge in [-0.2, -0.15) is 5.10 Å². The van der Waals surface area contributed by atoms with Gasteiger partial charge in [-0.15, -0.1) is 0 Å². The van der Waals surface area contributed by atoms with Gasteiger partial charge in [-0.3, -0.25) is 4.79 Å². The van der Waals surface area contributed by atoms with Gasteiger partial charge in [0, 0.05) is 26.3 Å². The highest BCUT2D eigenvalue weighted by atomic mass is 19.3. The molecule has 13 nitrogen and oxygen atoms in total. The third kappa shape index (κ3) is 5.80. The highest BCUT2D eigenvalue weighted by Crippen LogP contribution is 2.43. The number of urea groups is 1. The van der Waals surface area contributed by atoms with E-state index in [4.69, 9.17) is 14.9 Å². The van der Waals surface area contributed by atoms with E-state index in [1.807, 2.05) is 0 Å². The van der Waals surface area contributed by atoms with Crippen molar-refractivity contribution in [3.63, 3.8) is 0 Å². The Kier molecular flexibility index (Phi) is 8.20. The molecule has 3 amide bonds. The van der Waals surface area contributed by atoms with Crippen molar-refractivity contribution in [1.29, 1.82) is 5.41 Å². The number of amides is 3. The molecule has 0 aromatic carbocycles. The van der Waals surface area contributed by atoms with E-state index in [0.29, 0.717) is 11.4 Å². The number of nitrogens with two attached hydrogens (primary N) is 1. The predicted molar refractivity (Wildman–Crippen MR) is 135 cm³/mol. The lowest BCUT2D eigenvalue weighted by atomic mass is 9.74. The van der Waals surface area contributed by atoms with Crippen LogP contribution in [0.3, 0.4) is 0 Å². The summed E-state index contributed by atoms with van der Waals surface area (Å²) < 4.78 is 62.3. The number of halogens is 4. The number of carbonyl (C=O) groups is 2. The lowest BCUT2D eigenvalue weighted by Gasteiger charge is -2.46. The molecule has 41 heavy (non-hydrogen) atoms. The van der Waals surface area contributed by atoms with Gasteiger partial charge in [0.15, 0.2) is 0 Å². The zero-order valence-corrected chi connectivity index (χ0v) is 22.4. The Labute approximate surface area is 231 Å². The first-order valence-electron chi connectivity index (χ1n) is 12.8. The Balaban J connectivity index is 0.00000124. The molecule has 2 aromatic rings. The van der Waals surface area contributed by atoms with Gasteiger partial charge in [0.25, 0.3) is 11.7 Å². The molecule has 224 valence electrons. The molecule has 1 saturated carbocycles. The minimum atomic E-state index is -3.12. The van der Waals surface area contributed by atoms with Crippen LogP contribution >= 0.6 is 0 Å². The third-order valence-electron chi connectivity index (χ3n) is 7.75. The van der Waals surface area contributed by atoms with Crippen LogP contribution in [0.1, 0.15) is 56.8 Å². The molecular weight excluding hydrogens is 554 g/mol. The SMILES string of the molecule is CC(=N)/C(=N\O)C(c1cn2ncc(C3(N4CC(C(C)(F)F)NC4=O)COC3)nc2n1)C1CCC(F)(F)CC1.NC=O. The average Bonchev–Trinajstić information content (AvgIpc) is 3.46. The van der Waals surface area contributed by atoms with Gasteiger partial charge in [0.05, 0.1) is 48.6 Å². The summed E-state index contributed by atoms with van der Waals surface area (Å²) in [6.45, 7) is 2.01. The molecule has 2 saturated heterocycles. The molecule has 0 radical (unpaired) electrons. The van der Waals surface area contributed by atoms with Crippen molar-refractivity contribution in [2.75, 3.05) is 19.8 Å². The Hall–Kier alpha value is -3.89. The zero-order valence-electron chi connectivity index (χ0n) is 22.4. The number of primary amides is 1. The lowest BCUT2D eigenvalue weighted by molar-refractivity contribution is -0.130. The van der Waals surface area contributed by atoms with E-state index >= 15 is 0 Å². The van der Waals surface area contributed by atoms with Crippen molar-refractivity contribution in [2.24, 2.45) is 16.8 Å². The van der Waals surface area contributed by atoms with Crippen molar-refractivity contribution in [3.05, 3.63) is 23.8 Å². The molecule has 5 N–H and O–H groups in total. The number of oxime groups is 1. The normalized spacial score (nSPS) is 23.3. The number of hydrogen-bond donors (Lipinski definition) is 4. The fourth-order valence-corrected chi connectivity index (χ4v) is 5.47. The van der Waals surface area contributed by atoms with Gasteiger partial charge in [0.2, 0.25) is 12.3 Å². The first kappa shape index (κ1) is 30.1. The van der Waals surface area contributed by atoms with Crippen molar-refractivity contribution in [3.8, 4) is 0 Å². The van der Waals surface area contributed by atoms with Gasteiger partial charge in [-0.25, -0.2) is 36.8 Å². The van der Waals surface area contributed by atoms with E-state index < -0.39 is 35.4 Å². The third-order valence-corrected chi connectivity index (χ3v) is 7.75. The van der Waals surface area contributed by atoms with Gasteiger partial charge in [-0.05, 0) is 25.7 Å². The Bertz CT molecular complexity index is 1330. The number of nitrogens with zero attached hydrogens (tertiary/aromatic N) is 6. The monoisotopic (exact) mass is 585 g/mol. The fraction of sp³-hybridized carbons (Fsp3) is 0.625. The first-order valence-corrected chi connectivity index (χ1v) is 12.8. The Morgan fingerprint density at radius 3 is 2.46 bits per heavy atom. The summed E-state index contributed by atoms with van der Waals surface area (Å²) in [6.07, 6.45) is 2.85. The number of hydrogen-bond acceptors (Lipinski definition) is 9. The van der Waals surface area contributed by atoms with Crippen LogP contribution in [-0.2, 0) is 15.1 Å². The van der Waals surface area contributed by atoms with E-state index in [1.165, 1.54) is 28.7 Å². The van der Waals surface area contributed by atoms with Gasteiger partial charge in [-0.1, -0.05) is 5.16 Å². The summed E-state index contributed by atoms with van der Waals surface area (Å²) in [5, 5.41) is 27.7. The molecule has 3 fully saturated rings. The number of carbonyl (C=O) groups excluding carboxylic acids is 2. The quantitative estimate of drug-likeness (QED) is 0.126. The molecule has 4 heterocycles. The number of rotatable bonds is 7. The largest absolute Gasteiger partial charge is 0.411 e. The van der Waals surface area contributed by atoms with Crippen molar-refractivity contribution < 1.29 is 37.1 Å². The number of alkyl halides is 4. The molecule has 2 aliphatic heterocycles. The van der Waals surface area contributed by atoms with Crippen LogP contribution in [0.25, 0.3) is 5.78 Å². The molecule has 0 spiro atoms. The van der Waals surface area contributed by atoms with Crippen LogP contribution in [0.15, 0.2) is 17.5 Å². The van der Waals surface area contributed by atoms with E-state index in [1.54, 1.807) is 0 Å². The molecule has 2 aromatic heterocycles. The molecule has 2 unspecified atom stereocenters. The maximum absolute atomic E-state index is 13.9. The second kappa shape index (κ2) is 11.2. The topological polar surface area (TPSA) is 184 Å². The number of ether oxygens (including phenoxy) is 1. The van der Waals surface area contributed by atoms with E-state index in [9.17, 15) is 27.6 Å². The number of nitrogens with one attached hydrogen (secondary N) is 2. The fourth-order valence-electron chi connectivity index (χ4n) is 5.47. The maximum atomic E-state index is 13.9. The van der Waals surface area contributed by atoms with Crippen LogP contribution in [0.2, 0.25) is 0 Å². The molecule has 1 aliphatic carbocycles. The van der Waals surface area contributed by atoms with E-state index in [0.717, 1.165) is 6.92 Å². The average molecular weight is 586 g/mol. The van der Waals surface area contributed by atoms with Crippen LogP contribution in [0.4, 0.5) is 22.4 Å². The second-order valence-corrected chi connectivity index (χ2v) is 10.6. The molecule has 3 aliphatic rings. The van der Waals surface area contributed by atoms with Gasteiger partial charge in [0.1, 0.15) is 17.3 Å². The summed E-state index contributed by atoms with van der Waals surface area (Å²) in [4.78, 5) is 31.6.